The number of methoxy groups -OCH3 is 1. The maximum absolute atomic E-state index is 13.4. The van der Waals surface area contributed by atoms with Gasteiger partial charge in [-0.3, -0.25) is 4.79 Å². The van der Waals surface area contributed by atoms with Crippen molar-refractivity contribution in [2.75, 3.05) is 20.2 Å². The van der Waals surface area contributed by atoms with Crippen LogP contribution in [0.2, 0.25) is 0 Å². The summed E-state index contributed by atoms with van der Waals surface area (Å²) >= 11 is 0. The minimum absolute atomic E-state index is 0.0710. The lowest BCUT2D eigenvalue weighted by Crippen LogP contribution is -2.29. The summed E-state index contributed by atoms with van der Waals surface area (Å²) in [7, 11) is 1.66. The van der Waals surface area contributed by atoms with Crippen molar-refractivity contribution in [2.24, 2.45) is 0 Å². The van der Waals surface area contributed by atoms with Crippen LogP contribution in [-0.2, 0) is 11.3 Å². The van der Waals surface area contributed by atoms with Crippen molar-refractivity contribution in [3.05, 3.63) is 102 Å². The Labute approximate surface area is 199 Å². The molecule has 1 amide bonds. The molecule has 2 heterocycles. The van der Waals surface area contributed by atoms with Crippen LogP contribution in [0.1, 0.15) is 41.9 Å². The van der Waals surface area contributed by atoms with E-state index < -0.39 is 0 Å². The molecule has 0 spiro atoms. The number of para-hydroxylation sites is 1. The highest BCUT2D eigenvalue weighted by Crippen LogP contribution is 2.36. The molecule has 5 rings (SSSR count). The molecule has 5 heteroatoms. The summed E-state index contributed by atoms with van der Waals surface area (Å²) in [6.07, 6.45) is 4.75. The number of carbonyl (C=O) groups is 1. The van der Waals surface area contributed by atoms with Gasteiger partial charge in [-0.2, -0.15) is 0 Å². The van der Waals surface area contributed by atoms with Gasteiger partial charge in [0.25, 0.3) is 0 Å². The van der Waals surface area contributed by atoms with Crippen molar-refractivity contribution in [1.82, 2.24) is 9.47 Å². The lowest BCUT2D eigenvalue weighted by atomic mass is 9.87. The number of likely N-dealkylation sites (tertiary alicyclic amines) is 1. The fourth-order valence-electron chi connectivity index (χ4n) is 4.98. The smallest absolute Gasteiger partial charge is 0.223 e. The Morgan fingerprint density at radius 2 is 1.68 bits per heavy atom. The van der Waals surface area contributed by atoms with Crippen LogP contribution >= 0.6 is 0 Å². The Kier molecular flexibility index (Phi) is 6.35. The highest BCUT2D eigenvalue weighted by Gasteiger charge is 2.26. The average molecular weight is 457 g/mol. The molecule has 174 valence electrons. The van der Waals surface area contributed by atoms with Crippen molar-refractivity contribution in [3.8, 4) is 5.75 Å². The van der Waals surface area contributed by atoms with Crippen LogP contribution < -0.4 is 4.74 Å². The number of amides is 1. The Bertz CT molecular complexity index is 1270. The second-order valence-corrected chi connectivity index (χ2v) is 8.97. The molecule has 0 saturated carbocycles. The van der Waals surface area contributed by atoms with E-state index in [1.54, 1.807) is 7.11 Å². The second kappa shape index (κ2) is 9.72. The molecule has 1 aromatic heterocycles. The van der Waals surface area contributed by atoms with E-state index in [1.807, 2.05) is 41.3 Å². The number of hydrogen-bond donors (Lipinski definition) is 0. The average Bonchev–Trinajstić information content (AvgIpc) is 3.53. The monoisotopic (exact) mass is 456 g/mol. The van der Waals surface area contributed by atoms with Gasteiger partial charge in [-0.1, -0.05) is 42.5 Å². The van der Waals surface area contributed by atoms with Crippen molar-refractivity contribution in [1.29, 1.82) is 0 Å². The van der Waals surface area contributed by atoms with Gasteiger partial charge >= 0.3 is 0 Å². The van der Waals surface area contributed by atoms with Crippen LogP contribution in [0.25, 0.3) is 10.9 Å². The maximum Gasteiger partial charge on any atom is 0.223 e. The standard InChI is InChI=1S/C29H29FN2O2/c1-34-24-14-10-22(11-15-24)26(18-29(33)31-16-4-5-17-31)27-20-32(28-7-3-2-6-25(27)28)19-21-8-12-23(30)13-9-21/h2-3,6-15,20,26H,4-5,16-19H2,1H3. The van der Waals surface area contributed by atoms with E-state index >= 15 is 0 Å². The predicted molar refractivity (Wildman–Crippen MR) is 133 cm³/mol. The summed E-state index contributed by atoms with van der Waals surface area (Å²) in [5.74, 6) is 0.695. The number of benzene rings is 3. The lowest BCUT2D eigenvalue weighted by Gasteiger charge is -2.21. The largest absolute Gasteiger partial charge is 0.497 e. The predicted octanol–water partition coefficient (Wildman–Crippen LogP) is 5.98. The van der Waals surface area contributed by atoms with E-state index in [-0.39, 0.29) is 17.6 Å². The van der Waals surface area contributed by atoms with Crippen LogP contribution in [0.15, 0.2) is 79.0 Å². The van der Waals surface area contributed by atoms with Crippen molar-refractivity contribution < 1.29 is 13.9 Å². The van der Waals surface area contributed by atoms with E-state index in [9.17, 15) is 9.18 Å². The number of rotatable bonds is 7. The van der Waals surface area contributed by atoms with E-state index in [2.05, 4.69) is 35.0 Å². The van der Waals surface area contributed by atoms with Crippen LogP contribution in [0.3, 0.4) is 0 Å². The number of fused-ring (bicyclic) bond motifs is 1. The highest BCUT2D eigenvalue weighted by molar-refractivity contribution is 5.87. The molecular weight excluding hydrogens is 427 g/mol. The molecule has 0 N–H and O–H groups in total. The van der Waals surface area contributed by atoms with Gasteiger partial charge in [-0.05, 0) is 59.9 Å². The first-order valence-electron chi connectivity index (χ1n) is 11.9. The van der Waals surface area contributed by atoms with Gasteiger partial charge in [0.1, 0.15) is 11.6 Å². The maximum atomic E-state index is 13.4. The molecule has 0 radical (unpaired) electrons. The first-order valence-corrected chi connectivity index (χ1v) is 11.9. The van der Waals surface area contributed by atoms with Gasteiger partial charge < -0.3 is 14.2 Å². The summed E-state index contributed by atoms with van der Waals surface area (Å²) in [6.45, 7) is 2.33. The first-order chi connectivity index (χ1) is 16.6. The number of ether oxygens (including phenoxy) is 1. The Morgan fingerprint density at radius 1 is 0.971 bits per heavy atom. The Hall–Kier alpha value is -3.60. The molecule has 1 fully saturated rings. The number of aromatic nitrogens is 1. The summed E-state index contributed by atoms with van der Waals surface area (Å²) < 4.78 is 21.0. The molecule has 1 saturated heterocycles. The van der Waals surface area contributed by atoms with Crippen LogP contribution in [-0.4, -0.2) is 35.6 Å². The van der Waals surface area contributed by atoms with Crippen molar-refractivity contribution >= 4 is 16.8 Å². The molecule has 1 aliphatic rings. The minimum atomic E-state index is -0.234. The van der Waals surface area contributed by atoms with E-state index in [1.165, 1.54) is 12.1 Å². The molecule has 34 heavy (non-hydrogen) atoms. The summed E-state index contributed by atoms with van der Waals surface area (Å²) in [5, 5.41) is 1.14. The van der Waals surface area contributed by atoms with Crippen molar-refractivity contribution in [2.45, 2.75) is 31.7 Å². The minimum Gasteiger partial charge on any atom is -0.497 e. The van der Waals surface area contributed by atoms with Gasteiger partial charge in [0.15, 0.2) is 0 Å². The SMILES string of the molecule is COc1ccc(C(CC(=O)N2CCCC2)c2cn(Cc3ccc(F)cc3)c3ccccc23)cc1. The molecule has 1 aliphatic heterocycles. The Balaban J connectivity index is 1.56. The summed E-state index contributed by atoms with van der Waals surface area (Å²) in [6, 6.07) is 23.0. The Morgan fingerprint density at radius 3 is 2.38 bits per heavy atom. The first kappa shape index (κ1) is 22.2. The third-order valence-electron chi connectivity index (χ3n) is 6.82. The third-order valence-corrected chi connectivity index (χ3v) is 6.82. The number of carbonyl (C=O) groups excluding carboxylic acids is 1. The zero-order valence-corrected chi connectivity index (χ0v) is 19.4. The molecular formula is C29H29FN2O2. The molecule has 3 aromatic carbocycles. The van der Waals surface area contributed by atoms with Gasteiger partial charge in [0.2, 0.25) is 5.91 Å². The van der Waals surface area contributed by atoms with Gasteiger partial charge in [-0.25, -0.2) is 4.39 Å². The van der Waals surface area contributed by atoms with Gasteiger partial charge in [0, 0.05) is 49.1 Å². The van der Waals surface area contributed by atoms with Crippen molar-refractivity contribution in [3.63, 3.8) is 0 Å². The molecule has 4 aromatic rings. The summed E-state index contributed by atoms with van der Waals surface area (Å²) in [5.41, 5.74) is 4.37. The number of nitrogens with zero attached hydrogens (tertiary/aromatic N) is 2. The molecule has 0 aliphatic carbocycles. The van der Waals surface area contributed by atoms with E-state index in [0.717, 1.165) is 59.3 Å². The zero-order chi connectivity index (χ0) is 23.5. The van der Waals surface area contributed by atoms with Crippen LogP contribution in [0.4, 0.5) is 4.39 Å². The second-order valence-electron chi connectivity index (χ2n) is 8.97. The van der Waals surface area contributed by atoms with Crippen LogP contribution in [0, 0.1) is 5.82 Å². The quantitative estimate of drug-likeness (QED) is 0.343. The summed E-state index contributed by atoms with van der Waals surface area (Å²) in [4.78, 5) is 15.2. The van der Waals surface area contributed by atoms with Gasteiger partial charge in [0.05, 0.1) is 7.11 Å². The fraction of sp³-hybridized carbons (Fsp3) is 0.276. The molecule has 1 unspecified atom stereocenters. The lowest BCUT2D eigenvalue weighted by molar-refractivity contribution is -0.130. The molecule has 0 bridgehead atoms. The number of halogens is 1. The van der Waals surface area contributed by atoms with Gasteiger partial charge in [-0.15, -0.1) is 0 Å². The molecule has 1 atom stereocenters. The fourth-order valence-corrected chi connectivity index (χ4v) is 4.98. The molecule has 4 nitrogen and oxygen atoms in total. The van der Waals surface area contributed by atoms with E-state index in [4.69, 9.17) is 4.74 Å². The van der Waals surface area contributed by atoms with E-state index in [0.29, 0.717) is 13.0 Å². The number of hydrogen-bond acceptors (Lipinski definition) is 2. The third kappa shape index (κ3) is 4.56. The normalized spacial score (nSPS) is 14.5. The topological polar surface area (TPSA) is 34.5 Å². The zero-order valence-electron chi connectivity index (χ0n) is 19.4. The highest BCUT2D eigenvalue weighted by atomic mass is 19.1. The van der Waals surface area contributed by atoms with Crippen LogP contribution in [0.5, 0.6) is 5.75 Å².